The Balaban J connectivity index is 2.12. The van der Waals surface area contributed by atoms with Crippen molar-refractivity contribution in [3.8, 4) is 40.2 Å². The van der Waals surface area contributed by atoms with E-state index in [1.54, 1.807) is 32.4 Å². The molecule has 210 valence electrons. The lowest BCUT2D eigenvalue weighted by Crippen LogP contribution is -2.14. The van der Waals surface area contributed by atoms with Gasteiger partial charge >= 0.3 is 0 Å². The maximum absolute atomic E-state index is 13.5. The van der Waals surface area contributed by atoms with E-state index >= 15 is 0 Å². The van der Waals surface area contributed by atoms with Crippen molar-refractivity contribution in [1.29, 1.82) is 0 Å². The molecule has 1 N–H and O–H groups in total. The molecule has 0 aliphatic carbocycles. The Morgan fingerprint density at radius 1 is 0.590 bits per heavy atom. The number of nitrogens with one attached hydrogen (secondary N) is 1. The van der Waals surface area contributed by atoms with Crippen molar-refractivity contribution in [2.24, 2.45) is 0 Å². The molecule has 0 atom stereocenters. The smallest absolute Gasteiger partial charge is 0.262 e. The van der Waals surface area contributed by atoms with Crippen LogP contribution in [0.3, 0.4) is 0 Å². The Bertz CT molecular complexity index is 1440. The number of ether oxygens (including phenoxy) is 7. The molecule has 0 heterocycles. The molecule has 0 aromatic heterocycles. The second-order valence-electron chi connectivity index (χ2n) is 8.17. The van der Waals surface area contributed by atoms with Crippen LogP contribution < -0.4 is 37.9 Å². The molecular weight excluding hydrogens is 526 g/mol. The van der Waals surface area contributed by atoms with Crippen LogP contribution in [-0.2, 0) is 10.0 Å². The molecule has 0 unspecified atom stereocenters. The summed E-state index contributed by atoms with van der Waals surface area (Å²) in [6, 6.07) is 9.68. The maximum Gasteiger partial charge on any atom is 0.262 e. The molecule has 0 saturated carbocycles. The van der Waals surface area contributed by atoms with Gasteiger partial charge in [-0.1, -0.05) is 12.2 Å². The van der Waals surface area contributed by atoms with E-state index in [9.17, 15) is 8.42 Å². The summed E-state index contributed by atoms with van der Waals surface area (Å²) in [6.45, 7) is 1.91. The average molecular weight is 560 g/mol. The van der Waals surface area contributed by atoms with Gasteiger partial charge in [0.05, 0.1) is 60.4 Å². The number of hydrogen-bond donors (Lipinski definition) is 1. The SMILES string of the molecule is COc1cc(/C=C\c2cc(C)c(OC)c(OC)c2)c(NS(=O)(=O)c2cc(OC)c(OC)c(OC)c2)cc1OC. The first-order valence-corrected chi connectivity index (χ1v) is 13.1. The highest BCUT2D eigenvalue weighted by atomic mass is 32.2. The lowest BCUT2D eigenvalue weighted by Gasteiger charge is -2.17. The highest BCUT2D eigenvalue weighted by Gasteiger charge is 2.23. The Hall–Kier alpha value is -4.25. The molecule has 0 saturated heterocycles. The average Bonchev–Trinajstić information content (AvgIpc) is 2.94. The fraction of sp³-hybridized carbons (Fsp3) is 0.286. The van der Waals surface area contributed by atoms with Gasteiger partial charge in [0.15, 0.2) is 34.5 Å². The molecule has 0 radical (unpaired) electrons. The fourth-order valence-electron chi connectivity index (χ4n) is 4.00. The highest BCUT2D eigenvalue weighted by molar-refractivity contribution is 7.92. The van der Waals surface area contributed by atoms with E-state index in [2.05, 4.69) is 4.72 Å². The molecule has 0 aliphatic heterocycles. The highest BCUT2D eigenvalue weighted by Crippen LogP contribution is 2.41. The molecule has 3 aromatic carbocycles. The summed E-state index contributed by atoms with van der Waals surface area (Å²) in [5.41, 5.74) is 2.48. The van der Waals surface area contributed by atoms with Gasteiger partial charge < -0.3 is 33.2 Å². The van der Waals surface area contributed by atoms with Gasteiger partial charge in [-0.05, 0) is 36.2 Å². The van der Waals surface area contributed by atoms with Crippen molar-refractivity contribution < 1.29 is 41.6 Å². The van der Waals surface area contributed by atoms with Gasteiger partial charge in [-0.2, -0.15) is 0 Å². The first-order chi connectivity index (χ1) is 18.7. The third-order valence-electron chi connectivity index (χ3n) is 5.89. The van der Waals surface area contributed by atoms with Crippen molar-refractivity contribution in [2.45, 2.75) is 11.8 Å². The minimum Gasteiger partial charge on any atom is -0.493 e. The molecule has 0 amide bonds. The summed E-state index contributed by atoms with van der Waals surface area (Å²) in [4.78, 5) is -0.0859. The first-order valence-electron chi connectivity index (χ1n) is 11.7. The monoisotopic (exact) mass is 559 g/mol. The van der Waals surface area contributed by atoms with Crippen molar-refractivity contribution in [3.63, 3.8) is 0 Å². The topological polar surface area (TPSA) is 111 Å². The third-order valence-corrected chi connectivity index (χ3v) is 7.24. The van der Waals surface area contributed by atoms with E-state index in [-0.39, 0.29) is 27.8 Å². The largest absolute Gasteiger partial charge is 0.493 e. The van der Waals surface area contributed by atoms with E-state index in [0.717, 1.165) is 11.1 Å². The molecule has 0 spiro atoms. The van der Waals surface area contributed by atoms with Crippen molar-refractivity contribution >= 4 is 27.9 Å². The van der Waals surface area contributed by atoms with Crippen LogP contribution in [0.2, 0.25) is 0 Å². The minimum absolute atomic E-state index is 0.0859. The van der Waals surface area contributed by atoms with E-state index < -0.39 is 10.0 Å². The zero-order chi connectivity index (χ0) is 28.7. The molecule has 39 heavy (non-hydrogen) atoms. The number of benzene rings is 3. The summed E-state index contributed by atoms with van der Waals surface area (Å²) >= 11 is 0. The molecule has 0 fully saturated rings. The summed E-state index contributed by atoms with van der Waals surface area (Å²) in [5, 5.41) is 0. The van der Waals surface area contributed by atoms with Gasteiger partial charge in [0, 0.05) is 23.8 Å². The van der Waals surface area contributed by atoms with E-state index in [0.29, 0.717) is 28.6 Å². The predicted octanol–water partition coefficient (Wildman–Crippen LogP) is 5.03. The van der Waals surface area contributed by atoms with Gasteiger partial charge in [-0.15, -0.1) is 0 Å². The number of methoxy groups -OCH3 is 7. The van der Waals surface area contributed by atoms with Crippen LogP contribution in [0.4, 0.5) is 5.69 Å². The molecule has 3 rings (SSSR count). The van der Waals surface area contributed by atoms with Gasteiger partial charge in [0.2, 0.25) is 5.75 Å². The second kappa shape index (κ2) is 12.5. The van der Waals surface area contributed by atoms with Gasteiger partial charge in [0.1, 0.15) is 0 Å². The van der Waals surface area contributed by atoms with Crippen LogP contribution in [0.15, 0.2) is 41.3 Å². The first kappa shape index (κ1) is 29.3. The van der Waals surface area contributed by atoms with Crippen molar-refractivity contribution in [3.05, 3.63) is 53.1 Å². The van der Waals surface area contributed by atoms with E-state index in [4.69, 9.17) is 33.2 Å². The van der Waals surface area contributed by atoms with Crippen LogP contribution in [0.1, 0.15) is 16.7 Å². The molecular formula is C28H33NO9S. The lowest BCUT2D eigenvalue weighted by atomic mass is 10.1. The predicted molar refractivity (Wildman–Crippen MR) is 150 cm³/mol. The maximum atomic E-state index is 13.5. The third kappa shape index (κ3) is 6.26. The van der Waals surface area contributed by atoms with Crippen LogP contribution >= 0.6 is 0 Å². The fourth-order valence-corrected chi connectivity index (χ4v) is 5.11. The summed E-state index contributed by atoms with van der Waals surface area (Å²) in [6.07, 6.45) is 3.59. The summed E-state index contributed by atoms with van der Waals surface area (Å²) in [7, 11) is 6.27. The minimum atomic E-state index is -4.11. The standard InChI is InChI=1S/C28H33NO9S/c1-17-11-18(12-24(34-4)27(17)37-7)9-10-19-13-22(32-2)23(33-3)16-21(19)29-39(30,31)20-14-25(35-5)28(38-8)26(15-20)36-6/h9-16,29H,1-8H3/b10-9-. The summed E-state index contributed by atoms with van der Waals surface area (Å²) in [5.74, 6) is 2.67. The molecule has 3 aromatic rings. The van der Waals surface area contributed by atoms with Crippen LogP contribution in [0, 0.1) is 6.92 Å². The van der Waals surface area contributed by atoms with Crippen LogP contribution in [0.25, 0.3) is 12.2 Å². The van der Waals surface area contributed by atoms with Crippen LogP contribution in [-0.4, -0.2) is 58.2 Å². The number of hydrogen-bond acceptors (Lipinski definition) is 9. The second-order valence-corrected chi connectivity index (χ2v) is 9.85. The Labute approximate surface area is 229 Å². The van der Waals surface area contributed by atoms with Gasteiger partial charge in [-0.3, -0.25) is 4.72 Å². The lowest BCUT2D eigenvalue weighted by molar-refractivity contribution is 0.323. The van der Waals surface area contributed by atoms with Gasteiger partial charge in [-0.25, -0.2) is 8.42 Å². The Morgan fingerprint density at radius 2 is 1.10 bits per heavy atom. The molecule has 0 bridgehead atoms. The summed E-state index contributed by atoms with van der Waals surface area (Å²) < 4.78 is 67.4. The number of sulfonamides is 1. The Kier molecular flexibility index (Phi) is 9.42. The number of anilines is 1. The zero-order valence-electron chi connectivity index (χ0n) is 23.2. The van der Waals surface area contributed by atoms with Crippen LogP contribution in [0.5, 0.6) is 40.2 Å². The van der Waals surface area contributed by atoms with Crippen molar-refractivity contribution in [2.75, 3.05) is 54.5 Å². The molecule has 10 nitrogen and oxygen atoms in total. The van der Waals surface area contributed by atoms with Crippen molar-refractivity contribution in [1.82, 2.24) is 0 Å². The van der Waals surface area contributed by atoms with Gasteiger partial charge in [0.25, 0.3) is 10.0 Å². The quantitative estimate of drug-likeness (QED) is 0.306. The Morgan fingerprint density at radius 3 is 1.62 bits per heavy atom. The normalized spacial score (nSPS) is 11.2. The number of rotatable bonds is 12. The zero-order valence-corrected chi connectivity index (χ0v) is 24.0. The molecule has 11 heteroatoms. The van der Waals surface area contributed by atoms with E-state index in [1.807, 2.05) is 25.1 Å². The number of aryl methyl sites for hydroxylation is 1. The van der Waals surface area contributed by atoms with E-state index in [1.165, 1.54) is 47.7 Å². The molecule has 0 aliphatic rings.